The summed E-state index contributed by atoms with van der Waals surface area (Å²) in [5, 5.41) is 5.06. The maximum Gasteiger partial charge on any atom is 0.340 e. The highest BCUT2D eigenvalue weighted by Gasteiger charge is 2.23. The molecule has 0 aliphatic rings. The van der Waals surface area contributed by atoms with E-state index in [2.05, 4.69) is 15.4 Å². The normalized spacial score (nSPS) is 11.5. The first-order chi connectivity index (χ1) is 14.3. The van der Waals surface area contributed by atoms with Crippen LogP contribution in [0.1, 0.15) is 41.2 Å². The smallest absolute Gasteiger partial charge is 0.340 e. The fourth-order valence-electron chi connectivity index (χ4n) is 2.63. The largest absolute Gasteiger partial charge is 0.467 e. The molecule has 30 heavy (non-hydrogen) atoms. The zero-order valence-corrected chi connectivity index (χ0v) is 17.0. The molecule has 2 amide bonds. The highest BCUT2D eigenvalue weighted by molar-refractivity contribution is 6.06. The number of benzene rings is 1. The van der Waals surface area contributed by atoms with Crippen LogP contribution in [0.5, 0.6) is 0 Å². The van der Waals surface area contributed by atoms with Crippen LogP contribution in [0.2, 0.25) is 0 Å². The van der Waals surface area contributed by atoms with E-state index in [0.717, 1.165) is 0 Å². The Bertz CT molecular complexity index is 891. The number of hydrogen-bond donors (Lipinski definition) is 2. The summed E-state index contributed by atoms with van der Waals surface area (Å²) in [6.45, 7) is 3.21. The zero-order chi connectivity index (χ0) is 22.1. The van der Waals surface area contributed by atoms with E-state index in [9.17, 15) is 19.2 Å². The molecule has 9 nitrogen and oxygen atoms in total. The average Bonchev–Trinajstić information content (AvgIpc) is 3.26. The number of carbonyl (C=O) groups excluding carboxylic acids is 4. The van der Waals surface area contributed by atoms with Gasteiger partial charge in [0.2, 0.25) is 0 Å². The summed E-state index contributed by atoms with van der Waals surface area (Å²) >= 11 is 0. The maximum absolute atomic E-state index is 12.4. The first kappa shape index (κ1) is 22.7. The summed E-state index contributed by atoms with van der Waals surface area (Å²) in [5.74, 6) is -2.34. The van der Waals surface area contributed by atoms with Crippen LogP contribution < -0.4 is 10.6 Å². The molecule has 2 N–H and O–H groups in total. The van der Waals surface area contributed by atoms with Gasteiger partial charge in [-0.05, 0) is 36.6 Å². The summed E-state index contributed by atoms with van der Waals surface area (Å²) in [4.78, 5) is 48.5. The average molecular weight is 416 g/mol. The Hall–Kier alpha value is -3.62. The predicted octanol–water partition coefficient (Wildman–Crippen LogP) is 2.39. The highest BCUT2D eigenvalue weighted by Crippen LogP contribution is 2.17. The molecule has 9 heteroatoms. The van der Waals surface area contributed by atoms with Gasteiger partial charge in [-0.2, -0.15) is 0 Å². The van der Waals surface area contributed by atoms with Crippen molar-refractivity contribution in [2.24, 2.45) is 5.92 Å². The molecule has 2 rings (SSSR count). The van der Waals surface area contributed by atoms with E-state index in [1.165, 1.54) is 31.6 Å². The Labute approximate surface area is 173 Å². The van der Waals surface area contributed by atoms with Gasteiger partial charge >= 0.3 is 11.9 Å². The molecule has 1 aromatic carbocycles. The number of furan rings is 1. The molecule has 0 saturated heterocycles. The van der Waals surface area contributed by atoms with E-state index in [1.54, 1.807) is 18.2 Å². The number of para-hydroxylation sites is 1. The Balaban J connectivity index is 1.98. The van der Waals surface area contributed by atoms with Crippen LogP contribution in [0.15, 0.2) is 47.1 Å². The first-order valence-electron chi connectivity index (χ1n) is 9.30. The Morgan fingerprint density at radius 1 is 1.07 bits per heavy atom. The van der Waals surface area contributed by atoms with Crippen molar-refractivity contribution in [2.45, 2.75) is 26.3 Å². The van der Waals surface area contributed by atoms with Crippen molar-refractivity contribution in [2.75, 3.05) is 19.0 Å². The number of amides is 2. The summed E-state index contributed by atoms with van der Waals surface area (Å²) in [5.41, 5.74) is 0.272. The predicted molar refractivity (Wildman–Crippen MR) is 107 cm³/mol. The molecule has 160 valence electrons. The lowest BCUT2D eigenvalue weighted by molar-refractivity contribution is -0.145. The number of anilines is 1. The van der Waals surface area contributed by atoms with Crippen molar-refractivity contribution in [3.05, 3.63) is 54.0 Å². The maximum atomic E-state index is 12.4. The molecule has 2 aromatic rings. The Morgan fingerprint density at radius 2 is 1.80 bits per heavy atom. The summed E-state index contributed by atoms with van der Waals surface area (Å²) in [6.07, 6.45) is 1.74. The number of hydrogen-bond acceptors (Lipinski definition) is 7. The van der Waals surface area contributed by atoms with Gasteiger partial charge in [-0.25, -0.2) is 9.59 Å². The van der Waals surface area contributed by atoms with E-state index in [4.69, 9.17) is 9.15 Å². The van der Waals surface area contributed by atoms with Crippen molar-refractivity contribution in [3.8, 4) is 0 Å². The van der Waals surface area contributed by atoms with Crippen LogP contribution >= 0.6 is 0 Å². The number of rotatable bonds is 9. The fourth-order valence-corrected chi connectivity index (χ4v) is 2.63. The van der Waals surface area contributed by atoms with Crippen molar-refractivity contribution in [1.82, 2.24) is 5.32 Å². The molecule has 0 aliphatic heterocycles. The topological polar surface area (TPSA) is 124 Å². The van der Waals surface area contributed by atoms with Crippen molar-refractivity contribution >= 4 is 29.4 Å². The van der Waals surface area contributed by atoms with Gasteiger partial charge in [0.25, 0.3) is 11.8 Å². The number of ether oxygens (including phenoxy) is 2. The fraction of sp³-hybridized carbons (Fsp3) is 0.333. The molecule has 0 aliphatic carbocycles. The van der Waals surface area contributed by atoms with E-state index in [1.807, 2.05) is 13.8 Å². The van der Waals surface area contributed by atoms with Gasteiger partial charge in [-0.1, -0.05) is 26.0 Å². The second-order valence-corrected chi connectivity index (χ2v) is 6.83. The zero-order valence-electron chi connectivity index (χ0n) is 17.0. The lowest BCUT2D eigenvalue weighted by atomic mass is 10.0. The van der Waals surface area contributed by atoms with E-state index < -0.39 is 36.4 Å². The van der Waals surface area contributed by atoms with E-state index in [-0.39, 0.29) is 22.9 Å². The molecule has 1 unspecified atom stereocenters. The van der Waals surface area contributed by atoms with E-state index in [0.29, 0.717) is 6.42 Å². The van der Waals surface area contributed by atoms with Gasteiger partial charge in [0.05, 0.1) is 24.6 Å². The molecular weight excluding hydrogens is 392 g/mol. The van der Waals surface area contributed by atoms with Gasteiger partial charge in [0.1, 0.15) is 6.04 Å². The third-order valence-corrected chi connectivity index (χ3v) is 4.00. The van der Waals surface area contributed by atoms with Crippen LogP contribution in [0, 0.1) is 5.92 Å². The minimum absolute atomic E-state index is 0.0666. The third kappa shape index (κ3) is 6.47. The molecule has 1 atom stereocenters. The van der Waals surface area contributed by atoms with Crippen LogP contribution in [0.4, 0.5) is 5.69 Å². The minimum Gasteiger partial charge on any atom is -0.467 e. The Morgan fingerprint density at radius 3 is 2.43 bits per heavy atom. The second kappa shape index (κ2) is 10.8. The Kier molecular flexibility index (Phi) is 8.16. The van der Waals surface area contributed by atoms with Crippen LogP contribution in [-0.2, 0) is 19.1 Å². The summed E-state index contributed by atoms with van der Waals surface area (Å²) < 4.78 is 14.7. The van der Waals surface area contributed by atoms with Gasteiger partial charge in [-0.3, -0.25) is 9.59 Å². The van der Waals surface area contributed by atoms with Crippen LogP contribution in [0.3, 0.4) is 0 Å². The van der Waals surface area contributed by atoms with Crippen molar-refractivity contribution in [1.29, 1.82) is 0 Å². The lowest BCUT2D eigenvalue weighted by Crippen LogP contribution is -2.44. The van der Waals surface area contributed by atoms with E-state index >= 15 is 0 Å². The quantitative estimate of drug-likeness (QED) is 0.602. The van der Waals surface area contributed by atoms with Crippen LogP contribution in [0.25, 0.3) is 0 Å². The minimum atomic E-state index is -0.832. The highest BCUT2D eigenvalue weighted by atomic mass is 16.5. The number of carbonyl (C=O) groups is 4. The molecule has 0 bridgehead atoms. The molecule has 0 fully saturated rings. The van der Waals surface area contributed by atoms with Gasteiger partial charge in [0.15, 0.2) is 12.4 Å². The van der Waals surface area contributed by atoms with Crippen molar-refractivity contribution < 1.29 is 33.1 Å². The molecule has 1 aromatic heterocycles. The van der Waals surface area contributed by atoms with Gasteiger partial charge in [-0.15, -0.1) is 0 Å². The third-order valence-electron chi connectivity index (χ3n) is 4.00. The molecule has 0 saturated carbocycles. The molecule has 0 spiro atoms. The number of esters is 2. The SMILES string of the molecule is COC(=O)C(CC(C)C)NC(=O)COC(=O)c1ccccc1NC(=O)c1ccco1. The standard InChI is InChI=1S/C21H24N2O7/c1-13(2)11-16(21(27)28-3)22-18(24)12-30-20(26)14-7-4-5-8-15(14)23-19(25)17-9-6-10-29-17/h4-10,13,16H,11-12H2,1-3H3,(H,22,24)(H,23,25). The second-order valence-electron chi connectivity index (χ2n) is 6.83. The van der Waals surface area contributed by atoms with Crippen molar-refractivity contribution in [3.63, 3.8) is 0 Å². The summed E-state index contributed by atoms with van der Waals surface area (Å²) in [7, 11) is 1.23. The van der Waals surface area contributed by atoms with Crippen LogP contribution in [-0.4, -0.2) is 43.5 Å². The summed E-state index contributed by atoms with van der Waals surface area (Å²) in [6, 6.07) is 8.41. The van der Waals surface area contributed by atoms with Gasteiger partial charge < -0.3 is 24.5 Å². The lowest BCUT2D eigenvalue weighted by Gasteiger charge is -2.18. The van der Waals surface area contributed by atoms with Gasteiger partial charge in [0, 0.05) is 0 Å². The molecule has 0 radical (unpaired) electrons. The number of nitrogens with one attached hydrogen (secondary N) is 2. The first-order valence-corrected chi connectivity index (χ1v) is 9.30. The molecule has 1 heterocycles. The monoisotopic (exact) mass is 416 g/mol. The molecular formula is C21H24N2O7. The number of methoxy groups -OCH3 is 1.